The van der Waals surface area contributed by atoms with E-state index >= 15 is 0 Å². The first-order valence-electron chi connectivity index (χ1n) is 3.47. The Morgan fingerprint density at radius 3 is 2.50 bits per heavy atom. The van der Waals surface area contributed by atoms with Gasteiger partial charge in [-0.2, -0.15) is 0 Å². The number of Topliss-reactive ketones (excluding diaryl/α,β-unsaturated/α-hetero) is 1. The number of β-lactam (4-membered cyclic amide) rings is 1. The lowest BCUT2D eigenvalue weighted by molar-refractivity contribution is -0.141. The Labute approximate surface area is 59.8 Å². The minimum absolute atomic E-state index is 0.0164. The van der Waals surface area contributed by atoms with Crippen molar-refractivity contribution in [1.82, 2.24) is 5.32 Å². The van der Waals surface area contributed by atoms with Crippen LogP contribution in [0.3, 0.4) is 0 Å². The van der Waals surface area contributed by atoms with Crippen molar-refractivity contribution in [3.8, 4) is 0 Å². The summed E-state index contributed by atoms with van der Waals surface area (Å²) in [6.07, 6.45) is 0.760. The topological polar surface area (TPSA) is 46.2 Å². The van der Waals surface area contributed by atoms with Crippen LogP contribution in [0.1, 0.15) is 20.3 Å². The zero-order chi connectivity index (χ0) is 7.72. The molecule has 56 valence electrons. The molecular weight excluding hydrogens is 130 g/mol. The van der Waals surface area contributed by atoms with E-state index in [9.17, 15) is 9.59 Å². The van der Waals surface area contributed by atoms with E-state index in [1.165, 1.54) is 6.92 Å². The van der Waals surface area contributed by atoms with Gasteiger partial charge in [-0.25, -0.2) is 0 Å². The van der Waals surface area contributed by atoms with Crippen LogP contribution in [-0.2, 0) is 9.59 Å². The SMILES string of the molecule is CC[C@H]1C(=O)N[C@H]1C(C)=O. The summed E-state index contributed by atoms with van der Waals surface area (Å²) >= 11 is 0. The molecule has 1 aliphatic heterocycles. The van der Waals surface area contributed by atoms with Crippen LogP contribution in [0, 0.1) is 5.92 Å². The predicted octanol–water partition coefficient (Wildman–Crippen LogP) is 0.1000. The molecule has 0 spiro atoms. The van der Waals surface area contributed by atoms with Crippen LogP contribution in [0.25, 0.3) is 0 Å². The van der Waals surface area contributed by atoms with E-state index in [0.717, 1.165) is 6.42 Å². The van der Waals surface area contributed by atoms with Gasteiger partial charge < -0.3 is 5.32 Å². The standard InChI is InChI=1S/C7H11NO2/c1-3-5-6(4(2)9)8-7(5)10/h5-6H,3H2,1-2H3,(H,8,10)/t5-,6+/m1/s1. The normalized spacial score (nSPS) is 30.8. The molecule has 3 nitrogen and oxygen atoms in total. The van der Waals surface area contributed by atoms with Crippen molar-refractivity contribution in [3.05, 3.63) is 0 Å². The van der Waals surface area contributed by atoms with E-state index in [0.29, 0.717) is 0 Å². The van der Waals surface area contributed by atoms with Crippen LogP contribution >= 0.6 is 0 Å². The molecule has 1 N–H and O–H groups in total. The van der Waals surface area contributed by atoms with Gasteiger partial charge in [0, 0.05) is 0 Å². The van der Waals surface area contributed by atoms with Crippen molar-refractivity contribution in [1.29, 1.82) is 0 Å². The Hall–Kier alpha value is -0.860. The molecule has 1 amide bonds. The molecule has 0 aromatic carbocycles. The molecule has 1 rings (SSSR count). The van der Waals surface area contributed by atoms with Gasteiger partial charge in [-0.3, -0.25) is 9.59 Å². The molecule has 0 saturated carbocycles. The quantitative estimate of drug-likeness (QED) is 0.554. The number of amides is 1. The largest absolute Gasteiger partial charge is 0.345 e. The molecule has 1 aliphatic rings. The van der Waals surface area contributed by atoms with E-state index in [1.807, 2.05) is 6.92 Å². The average Bonchev–Trinajstić information content (AvgIpc) is 1.83. The number of carbonyl (C=O) groups excluding carboxylic acids is 2. The van der Waals surface area contributed by atoms with Gasteiger partial charge in [0.25, 0.3) is 0 Å². The number of hydrogen-bond acceptors (Lipinski definition) is 2. The van der Waals surface area contributed by atoms with Crippen molar-refractivity contribution in [2.75, 3.05) is 0 Å². The highest BCUT2D eigenvalue weighted by Gasteiger charge is 2.40. The number of carbonyl (C=O) groups is 2. The van der Waals surface area contributed by atoms with Crippen LogP contribution in [0.4, 0.5) is 0 Å². The molecule has 0 unspecified atom stereocenters. The smallest absolute Gasteiger partial charge is 0.226 e. The molecule has 1 fully saturated rings. The Morgan fingerprint density at radius 1 is 1.70 bits per heavy atom. The van der Waals surface area contributed by atoms with Crippen LogP contribution in [0.5, 0.6) is 0 Å². The second-order valence-electron chi connectivity index (χ2n) is 2.61. The highest BCUT2D eigenvalue weighted by Crippen LogP contribution is 2.18. The molecule has 0 aromatic heterocycles. The van der Waals surface area contributed by atoms with Crippen LogP contribution in [-0.4, -0.2) is 17.7 Å². The van der Waals surface area contributed by atoms with Gasteiger partial charge in [0.2, 0.25) is 5.91 Å². The first kappa shape index (κ1) is 7.25. The van der Waals surface area contributed by atoms with E-state index in [-0.39, 0.29) is 23.7 Å². The molecule has 0 aliphatic carbocycles. The highest BCUT2D eigenvalue weighted by molar-refractivity contribution is 5.99. The van der Waals surface area contributed by atoms with Crippen molar-refractivity contribution >= 4 is 11.7 Å². The van der Waals surface area contributed by atoms with Gasteiger partial charge in [-0.05, 0) is 13.3 Å². The second kappa shape index (κ2) is 2.40. The van der Waals surface area contributed by atoms with E-state index < -0.39 is 0 Å². The van der Waals surface area contributed by atoms with Gasteiger partial charge in [-0.15, -0.1) is 0 Å². The zero-order valence-electron chi connectivity index (χ0n) is 6.18. The van der Waals surface area contributed by atoms with E-state index in [2.05, 4.69) is 5.32 Å². The van der Waals surface area contributed by atoms with Crippen molar-refractivity contribution in [2.45, 2.75) is 26.3 Å². The third-order valence-corrected chi connectivity index (χ3v) is 1.91. The molecule has 0 bridgehead atoms. The fourth-order valence-corrected chi connectivity index (χ4v) is 1.22. The summed E-state index contributed by atoms with van der Waals surface area (Å²) in [5.41, 5.74) is 0. The lowest BCUT2D eigenvalue weighted by Gasteiger charge is -2.33. The van der Waals surface area contributed by atoms with Crippen LogP contribution in [0.15, 0.2) is 0 Å². The molecule has 10 heavy (non-hydrogen) atoms. The first-order valence-corrected chi connectivity index (χ1v) is 3.47. The summed E-state index contributed by atoms with van der Waals surface area (Å²) in [4.78, 5) is 21.4. The maximum absolute atomic E-state index is 10.7. The lowest BCUT2D eigenvalue weighted by Crippen LogP contribution is -2.61. The lowest BCUT2D eigenvalue weighted by atomic mass is 9.86. The highest BCUT2D eigenvalue weighted by atomic mass is 16.2. The Bertz CT molecular complexity index is 168. The van der Waals surface area contributed by atoms with Gasteiger partial charge in [0.15, 0.2) is 5.78 Å². The van der Waals surface area contributed by atoms with Crippen molar-refractivity contribution in [3.63, 3.8) is 0 Å². The monoisotopic (exact) mass is 141 g/mol. The molecular formula is C7H11NO2. The summed E-state index contributed by atoms with van der Waals surface area (Å²) in [7, 11) is 0. The third kappa shape index (κ3) is 0.916. The fraction of sp³-hybridized carbons (Fsp3) is 0.714. The summed E-state index contributed by atoms with van der Waals surface area (Å²) < 4.78 is 0. The third-order valence-electron chi connectivity index (χ3n) is 1.91. The maximum atomic E-state index is 10.7. The Kier molecular flexibility index (Phi) is 1.74. The van der Waals surface area contributed by atoms with Crippen LogP contribution in [0.2, 0.25) is 0 Å². The average molecular weight is 141 g/mol. The van der Waals surface area contributed by atoms with Crippen LogP contribution < -0.4 is 5.32 Å². The van der Waals surface area contributed by atoms with Gasteiger partial charge in [0.05, 0.1) is 12.0 Å². The number of nitrogens with one attached hydrogen (secondary N) is 1. The predicted molar refractivity (Wildman–Crippen MR) is 36.4 cm³/mol. The van der Waals surface area contributed by atoms with Gasteiger partial charge in [-0.1, -0.05) is 6.92 Å². The van der Waals surface area contributed by atoms with Crippen molar-refractivity contribution < 1.29 is 9.59 Å². The first-order chi connectivity index (χ1) is 4.66. The summed E-state index contributed by atoms with van der Waals surface area (Å²) in [6.45, 7) is 3.42. The number of ketones is 1. The second-order valence-corrected chi connectivity index (χ2v) is 2.61. The zero-order valence-corrected chi connectivity index (χ0v) is 6.18. The number of hydrogen-bond donors (Lipinski definition) is 1. The van der Waals surface area contributed by atoms with E-state index in [1.54, 1.807) is 0 Å². The van der Waals surface area contributed by atoms with Gasteiger partial charge >= 0.3 is 0 Å². The maximum Gasteiger partial charge on any atom is 0.226 e. The summed E-state index contributed by atoms with van der Waals surface area (Å²) in [5, 5.41) is 2.55. The minimum atomic E-state index is -0.197. The molecule has 2 atom stereocenters. The molecule has 3 heteroatoms. The molecule has 1 saturated heterocycles. The van der Waals surface area contributed by atoms with Crippen molar-refractivity contribution in [2.24, 2.45) is 5.92 Å². The Morgan fingerprint density at radius 2 is 2.30 bits per heavy atom. The Balaban J connectivity index is 2.53. The molecule has 1 heterocycles. The molecule has 0 aromatic rings. The van der Waals surface area contributed by atoms with Gasteiger partial charge in [0.1, 0.15) is 0 Å². The fourth-order valence-electron chi connectivity index (χ4n) is 1.22. The molecule has 0 radical (unpaired) electrons. The number of rotatable bonds is 2. The summed E-state index contributed by atoms with van der Waals surface area (Å²) in [6, 6.07) is -0.197. The minimum Gasteiger partial charge on any atom is -0.345 e. The summed E-state index contributed by atoms with van der Waals surface area (Å²) in [5.74, 6) is 0.0200. The van der Waals surface area contributed by atoms with E-state index in [4.69, 9.17) is 0 Å².